The fourth-order valence-electron chi connectivity index (χ4n) is 2.65. The summed E-state index contributed by atoms with van der Waals surface area (Å²) < 4.78 is 0. The lowest BCUT2D eigenvalue weighted by Crippen LogP contribution is -2.55. The number of hydrogen-bond acceptors (Lipinski definition) is 5. The Bertz CT molecular complexity index is 504. The first-order valence-electron chi connectivity index (χ1n) is 8.55. The first kappa shape index (κ1) is 20.9. The van der Waals surface area contributed by atoms with Gasteiger partial charge in [-0.3, -0.25) is 14.4 Å². The van der Waals surface area contributed by atoms with Crippen LogP contribution in [-0.4, -0.2) is 58.6 Å². The van der Waals surface area contributed by atoms with E-state index >= 15 is 0 Å². The number of carbonyl (C=O) groups is 4. The number of aliphatic carboxylic acids is 2. The van der Waals surface area contributed by atoms with Gasteiger partial charge in [0.25, 0.3) is 0 Å². The van der Waals surface area contributed by atoms with Crippen LogP contribution in [0.25, 0.3) is 0 Å². The third kappa shape index (κ3) is 6.69. The van der Waals surface area contributed by atoms with Crippen molar-refractivity contribution in [3.05, 3.63) is 0 Å². The van der Waals surface area contributed by atoms with Crippen molar-refractivity contribution < 1.29 is 29.4 Å². The highest BCUT2D eigenvalue weighted by atomic mass is 16.4. The molecular formula is C16H27N3O6. The molecule has 2 amide bonds. The molecule has 1 aliphatic rings. The number of hydrogen-bond donors (Lipinski definition) is 5. The molecule has 1 rings (SSSR count). The zero-order valence-electron chi connectivity index (χ0n) is 14.6. The first-order chi connectivity index (χ1) is 11.8. The summed E-state index contributed by atoms with van der Waals surface area (Å²) in [6.07, 6.45) is 1.63. The SMILES string of the molecule is CC[C@H](C)[C@H](NC(=O)[C@H](CCC(=O)O)NC(=O)[C@@H]1CCCN1)C(=O)O. The second-order valence-corrected chi connectivity index (χ2v) is 6.35. The van der Waals surface area contributed by atoms with Crippen molar-refractivity contribution in [1.29, 1.82) is 0 Å². The fraction of sp³-hybridized carbons (Fsp3) is 0.750. The molecular weight excluding hydrogens is 330 g/mol. The van der Waals surface area contributed by atoms with Crippen LogP contribution >= 0.6 is 0 Å². The molecule has 5 N–H and O–H groups in total. The average molecular weight is 357 g/mol. The lowest BCUT2D eigenvalue weighted by molar-refractivity contribution is -0.144. The van der Waals surface area contributed by atoms with E-state index in [4.69, 9.17) is 5.11 Å². The Morgan fingerprint density at radius 2 is 1.88 bits per heavy atom. The monoisotopic (exact) mass is 357 g/mol. The van der Waals surface area contributed by atoms with Crippen molar-refractivity contribution in [3.63, 3.8) is 0 Å². The predicted molar refractivity (Wildman–Crippen MR) is 88.8 cm³/mol. The molecule has 9 nitrogen and oxygen atoms in total. The summed E-state index contributed by atoms with van der Waals surface area (Å²) >= 11 is 0. The third-order valence-electron chi connectivity index (χ3n) is 4.43. The average Bonchev–Trinajstić information content (AvgIpc) is 3.09. The summed E-state index contributed by atoms with van der Waals surface area (Å²) in [5, 5.41) is 26.1. The van der Waals surface area contributed by atoms with Crippen molar-refractivity contribution >= 4 is 23.8 Å². The molecule has 0 radical (unpaired) electrons. The highest BCUT2D eigenvalue weighted by Crippen LogP contribution is 2.10. The molecule has 142 valence electrons. The smallest absolute Gasteiger partial charge is 0.326 e. The molecule has 1 aliphatic heterocycles. The summed E-state index contributed by atoms with van der Waals surface area (Å²) in [5.74, 6) is -3.61. The highest BCUT2D eigenvalue weighted by molar-refractivity contribution is 5.92. The predicted octanol–water partition coefficient (Wildman–Crippen LogP) is -0.296. The van der Waals surface area contributed by atoms with Crippen molar-refractivity contribution in [3.8, 4) is 0 Å². The minimum absolute atomic E-state index is 0.105. The van der Waals surface area contributed by atoms with E-state index in [-0.39, 0.29) is 24.7 Å². The van der Waals surface area contributed by atoms with Crippen LogP contribution in [0.1, 0.15) is 46.0 Å². The van der Waals surface area contributed by atoms with Crippen molar-refractivity contribution in [1.82, 2.24) is 16.0 Å². The van der Waals surface area contributed by atoms with Gasteiger partial charge in [0, 0.05) is 6.42 Å². The van der Waals surface area contributed by atoms with Gasteiger partial charge in [-0.1, -0.05) is 20.3 Å². The maximum Gasteiger partial charge on any atom is 0.326 e. The number of nitrogens with one attached hydrogen (secondary N) is 3. The Labute approximate surface area is 146 Å². The second-order valence-electron chi connectivity index (χ2n) is 6.35. The number of carboxylic acids is 2. The van der Waals surface area contributed by atoms with Crippen LogP contribution in [0.4, 0.5) is 0 Å². The van der Waals surface area contributed by atoms with Gasteiger partial charge in [0.1, 0.15) is 12.1 Å². The molecule has 0 aliphatic carbocycles. The van der Waals surface area contributed by atoms with Crippen LogP contribution in [0.2, 0.25) is 0 Å². The molecule has 0 unspecified atom stereocenters. The molecule has 0 saturated carbocycles. The third-order valence-corrected chi connectivity index (χ3v) is 4.43. The topological polar surface area (TPSA) is 145 Å². The van der Waals surface area contributed by atoms with Crippen LogP contribution in [0.15, 0.2) is 0 Å². The Balaban J connectivity index is 2.78. The normalized spacial score (nSPS) is 20.3. The maximum atomic E-state index is 12.4. The van der Waals surface area contributed by atoms with Crippen LogP contribution < -0.4 is 16.0 Å². The number of carboxylic acid groups (broad SMARTS) is 2. The molecule has 0 aromatic carbocycles. The van der Waals surface area contributed by atoms with Crippen molar-refractivity contribution in [2.24, 2.45) is 5.92 Å². The molecule has 0 aromatic heterocycles. The Kier molecular flexibility index (Phi) is 8.33. The zero-order chi connectivity index (χ0) is 19.0. The largest absolute Gasteiger partial charge is 0.481 e. The zero-order valence-corrected chi connectivity index (χ0v) is 14.6. The van der Waals surface area contributed by atoms with Gasteiger partial charge < -0.3 is 26.2 Å². The lowest BCUT2D eigenvalue weighted by atomic mass is 9.98. The van der Waals surface area contributed by atoms with Gasteiger partial charge in [0.2, 0.25) is 11.8 Å². The molecule has 25 heavy (non-hydrogen) atoms. The Hall–Kier alpha value is -2.16. The molecule has 9 heteroatoms. The Morgan fingerprint density at radius 3 is 2.36 bits per heavy atom. The lowest BCUT2D eigenvalue weighted by Gasteiger charge is -2.25. The van der Waals surface area contributed by atoms with E-state index in [1.807, 2.05) is 6.92 Å². The van der Waals surface area contributed by atoms with E-state index in [0.717, 1.165) is 6.42 Å². The summed E-state index contributed by atoms with van der Waals surface area (Å²) in [6, 6.07) is -2.59. The van der Waals surface area contributed by atoms with E-state index < -0.39 is 36.0 Å². The van der Waals surface area contributed by atoms with E-state index in [1.54, 1.807) is 6.92 Å². The van der Waals surface area contributed by atoms with Crippen LogP contribution in [0.5, 0.6) is 0 Å². The van der Waals surface area contributed by atoms with Gasteiger partial charge in [-0.15, -0.1) is 0 Å². The summed E-state index contributed by atoms with van der Waals surface area (Å²) in [7, 11) is 0. The van der Waals surface area contributed by atoms with E-state index in [0.29, 0.717) is 19.4 Å². The molecule has 0 bridgehead atoms. The van der Waals surface area contributed by atoms with Gasteiger partial charge in [0.05, 0.1) is 6.04 Å². The summed E-state index contributed by atoms with van der Waals surface area (Å²) in [6.45, 7) is 4.22. The van der Waals surface area contributed by atoms with Gasteiger partial charge in [-0.2, -0.15) is 0 Å². The van der Waals surface area contributed by atoms with Gasteiger partial charge >= 0.3 is 11.9 Å². The van der Waals surface area contributed by atoms with Crippen LogP contribution in [0.3, 0.4) is 0 Å². The van der Waals surface area contributed by atoms with Crippen LogP contribution in [-0.2, 0) is 19.2 Å². The Morgan fingerprint density at radius 1 is 1.20 bits per heavy atom. The van der Waals surface area contributed by atoms with Gasteiger partial charge in [-0.25, -0.2) is 4.79 Å². The summed E-state index contributed by atoms with van der Waals surface area (Å²) in [5.41, 5.74) is 0. The quantitative estimate of drug-likeness (QED) is 0.361. The minimum Gasteiger partial charge on any atom is -0.481 e. The van der Waals surface area contributed by atoms with Crippen molar-refractivity contribution in [2.75, 3.05) is 6.54 Å². The standard InChI is InChI=1S/C16H27N3O6/c1-3-9(2)13(16(24)25)19-15(23)11(6-7-12(20)21)18-14(22)10-5-4-8-17-10/h9-11,13,17H,3-8H2,1-2H3,(H,18,22)(H,19,23)(H,20,21)(H,24,25)/t9-,10-,11-,13-/m0/s1. The molecule has 4 atom stereocenters. The minimum atomic E-state index is -1.16. The molecule has 1 fully saturated rings. The van der Waals surface area contributed by atoms with E-state index in [1.165, 1.54) is 0 Å². The highest BCUT2D eigenvalue weighted by Gasteiger charge is 2.31. The van der Waals surface area contributed by atoms with Gasteiger partial charge in [-0.05, 0) is 31.7 Å². The van der Waals surface area contributed by atoms with E-state index in [2.05, 4.69) is 16.0 Å². The molecule has 0 aromatic rings. The fourth-order valence-corrected chi connectivity index (χ4v) is 2.65. The second kappa shape index (κ2) is 9.97. The summed E-state index contributed by atoms with van der Waals surface area (Å²) in [4.78, 5) is 46.8. The maximum absolute atomic E-state index is 12.4. The first-order valence-corrected chi connectivity index (χ1v) is 8.55. The molecule has 1 heterocycles. The molecule has 1 saturated heterocycles. The van der Waals surface area contributed by atoms with E-state index in [9.17, 15) is 24.3 Å². The van der Waals surface area contributed by atoms with Crippen LogP contribution in [0, 0.1) is 5.92 Å². The molecule has 0 spiro atoms. The number of carbonyl (C=O) groups excluding carboxylic acids is 2. The number of rotatable bonds is 10. The van der Waals surface area contributed by atoms with Gasteiger partial charge in [0.15, 0.2) is 0 Å². The van der Waals surface area contributed by atoms with Crippen molar-refractivity contribution in [2.45, 2.75) is 64.1 Å². The number of amides is 2.